The van der Waals surface area contributed by atoms with Gasteiger partial charge in [-0.05, 0) is 29.8 Å². The summed E-state index contributed by atoms with van der Waals surface area (Å²) in [4.78, 5) is 18.8. The van der Waals surface area contributed by atoms with Crippen LogP contribution in [0.15, 0.2) is 58.9 Å². The first kappa shape index (κ1) is 22.2. The smallest absolute Gasteiger partial charge is 0.224 e. The second-order valence-electron chi connectivity index (χ2n) is 8.48. The summed E-state index contributed by atoms with van der Waals surface area (Å²) in [6, 6.07) is 9.36. The van der Waals surface area contributed by atoms with Crippen molar-refractivity contribution in [3.8, 4) is 5.75 Å². The van der Waals surface area contributed by atoms with Crippen molar-refractivity contribution in [2.24, 2.45) is 15.6 Å². The van der Waals surface area contributed by atoms with Crippen LogP contribution in [0.25, 0.3) is 0 Å². The van der Waals surface area contributed by atoms with Crippen LogP contribution in [-0.4, -0.2) is 29.4 Å². The normalized spacial score (nSPS) is 13.8. The van der Waals surface area contributed by atoms with Crippen LogP contribution >= 0.6 is 0 Å². The number of aromatic nitrogens is 1. The third-order valence-electron chi connectivity index (χ3n) is 4.97. The maximum absolute atomic E-state index is 12.6. The van der Waals surface area contributed by atoms with E-state index in [1.165, 1.54) is 6.92 Å². The molecule has 7 heteroatoms. The van der Waals surface area contributed by atoms with Crippen LogP contribution in [0.3, 0.4) is 0 Å². The Kier molecular flexibility index (Phi) is 6.53. The topological polar surface area (TPSA) is 93.2 Å². The fraction of sp³-hybridized carbons (Fsp3) is 0.333. The summed E-state index contributed by atoms with van der Waals surface area (Å²) in [6.07, 6.45) is 6.16. The predicted octanol–water partition coefficient (Wildman–Crippen LogP) is 4.38. The molecule has 2 N–H and O–H groups in total. The number of nitrogen functional groups attached to an aromatic ring is 1. The number of carbonyl (C=O) groups excluding carboxylic acids is 1. The molecule has 7 nitrogen and oxygen atoms in total. The average Bonchev–Trinajstić information content (AvgIpc) is 2.98. The number of allylic oxidation sites excluding steroid dienone is 2. The van der Waals surface area contributed by atoms with Gasteiger partial charge in [0, 0.05) is 18.8 Å². The molecule has 1 aliphatic heterocycles. The lowest BCUT2D eigenvalue weighted by Gasteiger charge is -2.24. The van der Waals surface area contributed by atoms with Gasteiger partial charge in [-0.25, -0.2) is 0 Å². The molecule has 3 rings (SSSR count). The number of rotatable bonds is 5. The van der Waals surface area contributed by atoms with E-state index in [0.717, 1.165) is 17.0 Å². The summed E-state index contributed by atoms with van der Waals surface area (Å²) in [7, 11) is 1.62. The van der Waals surface area contributed by atoms with Crippen LogP contribution in [0.5, 0.6) is 5.75 Å². The maximum atomic E-state index is 12.6. The molecule has 1 aliphatic rings. The Balaban J connectivity index is 2.02. The van der Waals surface area contributed by atoms with Crippen molar-refractivity contribution in [1.82, 2.24) is 4.98 Å². The molecule has 1 aromatic heterocycles. The first-order valence-corrected chi connectivity index (χ1v) is 10.2. The molecule has 0 aliphatic carbocycles. The van der Waals surface area contributed by atoms with E-state index in [9.17, 15) is 4.79 Å². The quantitative estimate of drug-likeness (QED) is 0.778. The third kappa shape index (κ3) is 5.36. The SMILES string of the molecule is COc1ccc(CN(C(C)=O)c2cc(N)cnc2C2=NN=C(C(C)(C)C)C=CC2)cc1. The number of benzene rings is 1. The minimum atomic E-state index is -0.118. The lowest BCUT2D eigenvalue weighted by Crippen LogP contribution is -2.30. The number of hydrogen-bond donors (Lipinski definition) is 1. The zero-order valence-electron chi connectivity index (χ0n) is 18.7. The van der Waals surface area contributed by atoms with Crippen LogP contribution in [0.2, 0.25) is 0 Å². The van der Waals surface area contributed by atoms with Gasteiger partial charge in [-0.1, -0.05) is 39.0 Å². The summed E-state index contributed by atoms with van der Waals surface area (Å²) in [5.41, 5.74) is 10.1. The van der Waals surface area contributed by atoms with Crippen molar-refractivity contribution < 1.29 is 9.53 Å². The second-order valence-corrected chi connectivity index (χ2v) is 8.48. The van der Waals surface area contributed by atoms with Gasteiger partial charge in [0.1, 0.15) is 11.4 Å². The molecular formula is C24H29N5O2. The molecule has 1 amide bonds. The fourth-order valence-corrected chi connectivity index (χ4v) is 3.19. The molecule has 2 aromatic rings. The number of nitrogens with two attached hydrogens (primary N) is 1. The number of nitrogens with zero attached hydrogens (tertiary/aromatic N) is 4. The first-order valence-electron chi connectivity index (χ1n) is 10.2. The highest BCUT2D eigenvalue weighted by Crippen LogP contribution is 2.27. The predicted molar refractivity (Wildman–Crippen MR) is 126 cm³/mol. The summed E-state index contributed by atoms with van der Waals surface area (Å²) in [5, 5.41) is 8.94. The van der Waals surface area contributed by atoms with E-state index in [-0.39, 0.29) is 11.3 Å². The van der Waals surface area contributed by atoms with E-state index in [1.54, 1.807) is 24.3 Å². The van der Waals surface area contributed by atoms with E-state index >= 15 is 0 Å². The number of carbonyl (C=O) groups is 1. The molecule has 31 heavy (non-hydrogen) atoms. The molecular weight excluding hydrogens is 390 g/mol. The minimum Gasteiger partial charge on any atom is -0.497 e. The Bertz CT molecular complexity index is 1050. The van der Waals surface area contributed by atoms with E-state index in [1.807, 2.05) is 36.4 Å². The van der Waals surface area contributed by atoms with Crippen LogP contribution in [0.1, 0.15) is 45.4 Å². The number of anilines is 2. The van der Waals surface area contributed by atoms with Gasteiger partial charge in [-0.2, -0.15) is 10.2 Å². The van der Waals surface area contributed by atoms with Gasteiger partial charge in [0.15, 0.2) is 0 Å². The van der Waals surface area contributed by atoms with Crippen molar-refractivity contribution in [3.63, 3.8) is 0 Å². The Labute approximate surface area is 183 Å². The average molecular weight is 420 g/mol. The standard InChI is InChI=1S/C24H29N5O2/c1-16(30)29(15-17-9-11-19(31-5)12-10-17)21-13-18(25)14-26-23(21)20-7-6-8-22(28-27-20)24(2,3)4/h6,8-14H,7,15,25H2,1-5H3. The molecule has 1 aromatic carbocycles. The molecule has 0 unspecified atom stereocenters. The van der Waals surface area contributed by atoms with Crippen LogP contribution in [0, 0.1) is 5.41 Å². The van der Waals surface area contributed by atoms with Crippen molar-refractivity contribution in [1.29, 1.82) is 0 Å². The van der Waals surface area contributed by atoms with E-state index < -0.39 is 0 Å². The summed E-state index contributed by atoms with van der Waals surface area (Å²) < 4.78 is 5.22. The number of ether oxygens (including phenoxy) is 1. The molecule has 162 valence electrons. The van der Waals surface area contributed by atoms with Gasteiger partial charge in [0.2, 0.25) is 5.91 Å². The van der Waals surface area contributed by atoms with Crippen molar-refractivity contribution in [3.05, 3.63) is 59.9 Å². The van der Waals surface area contributed by atoms with Gasteiger partial charge in [-0.15, -0.1) is 0 Å². The van der Waals surface area contributed by atoms with Gasteiger partial charge in [-0.3, -0.25) is 9.78 Å². The van der Waals surface area contributed by atoms with Crippen molar-refractivity contribution in [2.75, 3.05) is 17.7 Å². The Hall–Kier alpha value is -3.48. The third-order valence-corrected chi connectivity index (χ3v) is 4.97. The summed E-state index contributed by atoms with van der Waals surface area (Å²) >= 11 is 0. The summed E-state index contributed by atoms with van der Waals surface area (Å²) in [5.74, 6) is 0.643. The molecule has 0 fully saturated rings. The minimum absolute atomic E-state index is 0.117. The molecule has 0 radical (unpaired) electrons. The highest BCUT2D eigenvalue weighted by atomic mass is 16.5. The Morgan fingerprint density at radius 1 is 1.19 bits per heavy atom. The van der Waals surface area contributed by atoms with E-state index in [2.05, 4.69) is 36.0 Å². The molecule has 2 heterocycles. The van der Waals surface area contributed by atoms with E-state index in [4.69, 9.17) is 10.5 Å². The molecule has 0 saturated heterocycles. The number of pyridine rings is 1. The Morgan fingerprint density at radius 3 is 2.52 bits per heavy atom. The highest BCUT2D eigenvalue weighted by Gasteiger charge is 2.23. The lowest BCUT2D eigenvalue weighted by atomic mass is 9.89. The molecule has 0 spiro atoms. The number of hydrogen-bond acceptors (Lipinski definition) is 6. The second kappa shape index (κ2) is 9.12. The van der Waals surface area contributed by atoms with Gasteiger partial charge in [0.05, 0.1) is 42.6 Å². The summed E-state index contributed by atoms with van der Waals surface area (Å²) in [6.45, 7) is 8.18. The number of methoxy groups -OCH3 is 1. The molecule has 0 atom stereocenters. The lowest BCUT2D eigenvalue weighted by molar-refractivity contribution is -0.116. The van der Waals surface area contributed by atoms with Gasteiger partial charge < -0.3 is 15.4 Å². The zero-order chi connectivity index (χ0) is 22.6. The van der Waals surface area contributed by atoms with Crippen LogP contribution in [-0.2, 0) is 11.3 Å². The van der Waals surface area contributed by atoms with Crippen molar-refractivity contribution >= 4 is 28.7 Å². The highest BCUT2D eigenvalue weighted by molar-refractivity contribution is 6.09. The van der Waals surface area contributed by atoms with Crippen LogP contribution < -0.4 is 15.4 Å². The fourth-order valence-electron chi connectivity index (χ4n) is 3.19. The number of amides is 1. The molecule has 0 saturated carbocycles. The largest absolute Gasteiger partial charge is 0.497 e. The van der Waals surface area contributed by atoms with Gasteiger partial charge in [0.25, 0.3) is 0 Å². The van der Waals surface area contributed by atoms with Crippen LogP contribution in [0.4, 0.5) is 11.4 Å². The molecule has 0 bridgehead atoms. The first-order chi connectivity index (χ1) is 14.7. The van der Waals surface area contributed by atoms with Crippen molar-refractivity contribution in [2.45, 2.75) is 40.7 Å². The van der Waals surface area contributed by atoms with Gasteiger partial charge >= 0.3 is 0 Å². The monoisotopic (exact) mass is 419 g/mol. The van der Waals surface area contributed by atoms with E-state index in [0.29, 0.717) is 35.7 Å². The zero-order valence-corrected chi connectivity index (χ0v) is 18.7. The maximum Gasteiger partial charge on any atom is 0.224 e. The Morgan fingerprint density at radius 2 is 1.90 bits per heavy atom.